The molecule has 1 atom stereocenters. The van der Waals surface area contributed by atoms with Gasteiger partial charge in [0.15, 0.2) is 0 Å². The Morgan fingerprint density at radius 3 is 1.62 bits per heavy atom. The van der Waals surface area contributed by atoms with Gasteiger partial charge in [-0.25, -0.2) is 0 Å². The van der Waals surface area contributed by atoms with Crippen molar-refractivity contribution >= 4 is 0 Å². The number of halogens is 7. The molecule has 0 radical (unpaired) electrons. The van der Waals surface area contributed by atoms with Crippen LogP contribution >= 0.6 is 0 Å². The lowest BCUT2D eigenvalue weighted by atomic mass is 9.86. The van der Waals surface area contributed by atoms with E-state index < -0.39 is 43.1 Å². The summed E-state index contributed by atoms with van der Waals surface area (Å²) in [5, 5.41) is 0. The molecule has 0 aromatic carbocycles. The zero-order valence-corrected chi connectivity index (χ0v) is 8.18. The van der Waals surface area contributed by atoms with Gasteiger partial charge in [-0.3, -0.25) is 4.39 Å². The van der Waals surface area contributed by atoms with E-state index in [-0.39, 0.29) is 0 Å². The van der Waals surface area contributed by atoms with Crippen LogP contribution in [0.4, 0.5) is 30.7 Å². The molecule has 1 unspecified atom stereocenters. The van der Waals surface area contributed by atoms with E-state index in [1.165, 1.54) is 0 Å². The van der Waals surface area contributed by atoms with Crippen LogP contribution in [0, 0.1) is 0 Å². The first-order chi connectivity index (χ1) is 7.08. The van der Waals surface area contributed by atoms with Crippen LogP contribution in [0.2, 0.25) is 0 Å². The summed E-state index contributed by atoms with van der Waals surface area (Å²) in [6, 6.07) is 0. The molecular formula is C8H9F7O. The van der Waals surface area contributed by atoms with E-state index in [4.69, 9.17) is 0 Å². The lowest BCUT2D eigenvalue weighted by Crippen LogP contribution is -2.51. The number of alkyl halides is 7. The molecule has 1 nitrogen and oxygen atoms in total. The molecule has 1 rings (SSSR count). The van der Waals surface area contributed by atoms with E-state index in [2.05, 4.69) is 4.74 Å². The van der Waals surface area contributed by atoms with Gasteiger partial charge in [-0.1, -0.05) is 6.92 Å². The zero-order chi connectivity index (χ0) is 12.8. The largest absolute Gasteiger partial charge is 0.429 e. The molecular weight excluding hydrogens is 245 g/mol. The first-order valence-electron chi connectivity index (χ1n) is 4.47. The third kappa shape index (κ3) is 1.49. The quantitative estimate of drug-likeness (QED) is 0.555. The highest BCUT2D eigenvalue weighted by molar-refractivity contribution is 5.23. The van der Waals surface area contributed by atoms with E-state index >= 15 is 0 Å². The van der Waals surface area contributed by atoms with E-state index in [1.807, 2.05) is 0 Å². The van der Waals surface area contributed by atoms with Crippen LogP contribution in [-0.2, 0) is 4.74 Å². The normalized spacial score (nSPS) is 29.2. The predicted octanol–water partition coefficient (Wildman–Crippen LogP) is 3.39. The predicted molar refractivity (Wildman–Crippen MR) is 39.5 cm³/mol. The maximum atomic E-state index is 12.4. The fourth-order valence-electron chi connectivity index (χ4n) is 1.94. The molecule has 0 aromatic rings. The van der Waals surface area contributed by atoms with Gasteiger partial charge in [0.1, 0.15) is 5.60 Å². The Kier molecular flexibility index (Phi) is 2.94. The van der Waals surface area contributed by atoms with Crippen LogP contribution in [-0.4, -0.2) is 30.2 Å². The second-order valence-corrected chi connectivity index (χ2v) is 3.57. The van der Waals surface area contributed by atoms with Crippen LogP contribution in [0.1, 0.15) is 19.8 Å². The third-order valence-corrected chi connectivity index (χ3v) is 2.82. The summed E-state index contributed by atoms with van der Waals surface area (Å²) < 4.78 is 90.5. The Labute approximate surface area is 86.6 Å². The smallest absolute Gasteiger partial charge is 0.345 e. The standard InChI is InChI=1S/C8H9F7O/c1-2-5(3-4-9)6(16-5,7(10,11)12)8(13,14)15/h2-4H2,1H3. The number of hydrogen-bond donors (Lipinski definition) is 0. The van der Waals surface area contributed by atoms with Crippen molar-refractivity contribution in [2.45, 2.75) is 43.3 Å². The van der Waals surface area contributed by atoms with E-state index in [0.29, 0.717) is 0 Å². The van der Waals surface area contributed by atoms with Gasteiger partial charge in [-0.05, 0) is 6.42 Å². The summed E-state index contributed by atoms with van der Waals surface area (Å²) in [4.78, 5) is 0. The Morgan fingerprint density at radius 2 is 1.44 bits per heavy atom. The Hall–Kier alpha value is -0.530. The molecule has 8 heteroatoms. The summed E-state index contributed by atoms with van der Waals surface area (Å²) in [7, 11) is 0. The maximum absolute atomic E-state index is 12.4. The number of epoxide rings is 1. The molecule has 0 N–H and O–H groups in total. The first-order valence-corrected chi connectivity index (χ1v) is 4.47. The van der Waals surface area contributed by atoms with Crippen LogP contribution in [0.3, 0.4) is 0 Å². The highest BCUT2D eigenvalue weighted by atomic mass is 19.4. The van der Waals surface area contributed by atoms with Crippen molar-refractivity contribution in [3.05, 3.63) is 0 Å². The molecule has 16 heavy (non-hydrogen) atoms. The Morgan fingerprint density at radius 1 is 1.00 bits per heavy atom. The molecule has 1 aliphatic rings. The van der Waals surface area contributed by atoms with Crippen molar-refractivity contribution < 1.29 is 35.5 Å². The number of ether oxygens (including phenoxy) is 1. The summed E-state index contributed by atoms with van der Waals surface area (Å²) in [5.74, 6) is 0. The average Bonchev–Trinajstić information content (AvgIpc) is 2.75. The summed E-state index contributed by atoms with van der Waals surface area (Å²) in [6.45, 7) is -0.184. The Bertz CT molecular complexity index is 255. The average molecular weight is 254 g/mol. The second kappa shape index (κ2) is 3.48. The number of hydrogen-bond acceptors (Lipinski definition) is 1. The SMILES string of the molecule is CCC1(CCF)OC1(C(F)(F)F)C(F)(F)F. The van der Waals surface area contributed by atoms with Crippen molar-refractivity contribution in [1.82, 2.24) is 0 Å². The van der Waals surface area contributed by atoms with Crippen LogP contribution < -0.4 is 0 Å². The van der Waals surface area contributed by atoms with Crippen molar-refractivity contribution in [1.29, 1.82) is 0 Å². The van der Waals surface area contributed by atoms with Gasteiger partial charge in [-0.15, -0.1) is 0 Å². The minimum Gasteiger partial charge on any atom is -0.345 e. The molecule has 0 amide bonds. The number of rotatable bonds is 3. The molecule has 1 fully saturated rings. The van der Waals surface area contributed by atoms with Crippen LogP contribution in [0.5, 0.6) is 0 Å². The van der Waals surface area contributed by atoms with Gasteiger partial charge in [0.25, 0.3) is 5.60 Å². The molecule has 1 saturated heterocycles. The Balaban J connectivity index is 3.14. The minimum absolute atomic E-state index is 0.546. The molecule has 96 valence electrons. The molecule has 0 aromatic heterocycles. The van der Waals surface area contributed by atoms with Gasteiger partial charge in [0.05, 0.1) is 6.67 Å². The lowest BCUT2D eigenvalue weighted by Gasteiger charge is -2.23. The molecule has 0 spiro atoms. The summed E-state index contributed by atoms with van der Waals surface area (Å²) in [5.41, 5.74) is -6.70. The topological polar surface area (TPSA) is 12.5 Å². The van der Waals surface area contributed by atoms with Gasteiger partial charge >= 0.3 is 12.4 Å². The molecule has 0 bridgehead atoms. The van der Waals surface area contributed by atoms with E-state index in [1.54, 1.807) is 0 Å². The summed E-state index contributed by atoms with van der Waals surface area (Å²) >= 11 is 0. The molecule has 1 heterocycles. The van der Waals surface area contributed by atoms with Crippen molar-refractivity contribution in [2.75, 3.05) is 6.67 Å². The zero-order valence-electron chi connectivity index (χ0n) is 8.18. The van der Waals surface area contributed by atoms with Gasteiger partial charge < -0.3 is 4.74 Å². The molecule has 0 aliphatic carbocycles. The van der Waals surface area contributed by atoms with Crippen molar-refractivity contribution in [3.8, 4) is 0 Å². The highest BCUT2D eigenvalue weighted by Gasteiger charge is 2.92. The van der Waals surface area contributed by atoms with Crippen LogP contribution in [0.15, 0.2) is 0 Å². The second-order valence-electron chi connectivity index (χ2n) is 3.57. The third-order valence-electron chi connectivity index (χ3n) is 2.82. The lowest BCUT2D eigenvalue weighted by molar-refractivity contribution is -0.293. The van der Waals surface area contributed by atoms with Gasteiger partial charge in [0, 0.05) is 6.42 Å². The maximum Gasteiger partial charge on any atom is 0.429 e. The summed E-state index contributed by atoms with van der Waals surface area (Å²) in [6.07, 6.45) is -12.6. The first kappa shape index (κ1) is 13.5. The fourth-order valence-corrected chi connectivity index (χ4v) is 1.94. The van der Waals surface area contributed by atoms with Crippen molar-refractivity contribution in [3.63, 3.8) is 0 Å². The highest BCUT2D eigenvalue weighted by Crippen LogP contribution is 2.67. The molecule has 0 saturated carbocycles. The monoisotopic (exact) mass is 254 g/mol. The molecule has 1 aliphatic heterocycles. The minimum atomic E-state index is -5.59. The van der Waals surface area contributed by atoms with Crippen LogP contribution in [0.25, 0.3) is 0 Å². The van der Waals surface area contributed by atoms with E-state index in [9.17, 15) is 30.7 Å². The van der Waals surface area contributed by atoms with Gasteiger partial charge in [0.2, 0.25) is 0 Å². The van der Waals surface area contributed by atoms with Crippen molar-refractivity contribution in [2.24, 2.45) is 0 Å². The van der Waals surface area contributed by atoms with E-state index in [0.717, 1.165) is 6.92 Å². The fraction of sp³-hybridized carbons (Fsp3) is 1.00. The van der Waals surface area contributed by atoms with Gasteiger partial charge in [-0.2, -0.15) is 26.3 Å².